The first-order valence-electron chi connectivity index (χ1n) is 6.62. The van der Waals surface area contributed by atoms with Gasteiger partial charge in [-0.05, 0) is 31.9 Å². The van der Waals surface area contributed by atoms with E-state index in [1.54, 1.807) is 0 Å². The summed E-state index contributed by atoms with van der Waals surface area (Å²) < 4.78 is 2.05. The van der Waals surface area contributed by atoms with Gasteiger partial charge in [0.15, 0.2) is 0 Å². The molecule has 2 atom stereocenters. The highest BCUT2D eigenvalue weighted by molar-refractivity contribution is 5.95. The van der Waals surface area contributed by atoms with Crippen LogP contribution in [0.15, 0.2) is 18.2 Å². The largest absolute Gasteiger partial charge is 0.327 e. The topological polar surface area (TPSA) is 59.0 Å². The fourth-order valence-corrected chi connectivity index (χ4v) is 2.80. The van der Waals surface area contributed by atoms with Crippen LogP contribution in [0.3, 0.4) is 0 Å². The number of aryl methyl sites for hydroxylation is 1. The molecule has 1 aliphatic heterocycles. The van der Waals surface area contributed by atoms with Crippen molar-refractivity contribution in [2.24, 2.45) is 5.92 Å². The van der Waals surface area contributed by atoms with Crippen molar-refractivity contribution < 1.29 is 4.79 Å². The Balaban J connectivity index is 2.09. The standard InChI is InChI=1S/C14H18N4O/c1-9-6-13(15-7-9)18-10(2)11-4-3-5-12(16-8-19)14(11)17-18/h3-5,8-9,13,15H,6-7H2,1-2H3,(H,16,19). The molecule has 1 amide bonds. The highest BCUT2D eigenvalue weighted by atomic mass is 16.1. The summed E-state index contributed by atoms with van der Waals surface area (Å²) in [5, 5.41) is 12.0. The summed E-state index contributed by atoms with van der Waals surface area (Å²) in [6.07, 6.45) is 2.04. The third-order valence-corrected chi connectivity index (χ3v) is 3.81. The van der Waals surface area contributed by atoms with Crippen molar-refractivity contribution in [2.75, 3.05) is 11.9 Å². The lowest BCUT2D eigenvalue weighted by atomic mass is 10.1. The molecule has 0 spiro atoms. The maximum absolute atomic E-state index is 10.7. The summed E-state index contributed by atoms with van der Waals surface area (Å²) in [6.45, 7) is 5.34. The lowest BCUT2D eigenvalue weighted by molar-refractivity contribution is -0.105. The summed E-state index contributed by atoms with van der Waals surface area (Å²) in [5.41, 5.74) is 2.75. The number of nitrogens with zero attached hydrogens (tertiary/aromatic N) is 2. The molecule has 0 saturated carbocycles. The SMILES string of the molecule is Cc1c2cccc(NC=O)c2nn1C1CC(C)CN1. The van der Waals surface area contributed by atoms with Gasteiger partial charge in [-0.1, -0.05) is 19.1 Å². The summed E-state index contributed by atoms with van der Waals surface area (Å²) in [7, 11) is 0. The van der Waals surface area contributed by atoms with E-state index in [0.29, 0.717) is 12.3 Å². The average molecular weight is 258 g/mol. The van der Waals surface area contributed by atoms with Crippen LogP contribution in [0.2, 0.25) is 0 Å². The molecule has 100 valence electrons. The highest BCUT2D eigenvalue weighted by Crippen LogP contribution is 2.29. The van der Waals surface area contributed by atoms with Gasteiger partial charge in [-0.3, -0.25) is 14.8 Å². The molecule has 2 N–H and O–H groups in total. The Labute approximate surface area is 112 Å². The van der Waals surface area contributed by atoms with Crippen molar-refractivity contribution in [3.05, 3.63) is 23.9 Å². The minimum Gasteiger partial charge on any atom is -0.327 e. The van der Waals surface area contributed by atoms with Gasteiger partial charge in [-0.25, -0.2) is 0 Å². The van der Waals surface area contributed by atoms with Crippen LogP contribution in [0.1, 0.15) is 25.2 Å². The molecular weight excluding hydrogens is 240 g/mol. The van der Waals surface area contributed by atoms with Gasteiger partial charge in [-0.15, -0.1) is 0 Å². The van der Waals surface area contributed by atoms with Gasteiger partial charge >= 0.3 is 0 Å². The molecule has 0 bridgehead atoms. The second-order valence-corrected chi connectivity index (χ2v) is 5.26. The number of nitrogens with one attached hydrogen (secondary N) is 2. The molecule has 1 fully saturated rings. The summed E-state index contributed by atoms with van der Waals surface area (Å²) in [4.78, 5) is 10.7. The van der Waals surface area contributed by atoms with Crippen LogP contribution in [-0.4, -0.2) is 22.7 Å². The molecule has 2 aromatic rings. The second-order valence-electron chi connectivity index (χ2n) is 5.26. The van der Waals surface area contributed by atoms with E-state index in [2.05, 4.69) is 29.6 Å². The molecule has 1 aromatic heterocycles. The average Bonchev–Trinajstić information content (AvgIpc) is 2.96. The monoisotopic (exact) mass is 258 g/mol. The second kappa shape index (κ2) is 4.66. The number of rotatable bonds is 3. The van der Waals surface area contributed by atoms with Crippen LogP contribution in [0.25, 0.3) is 10.9 Å². The van der Waals surface area contributed by atoms with Crippen LogP contribution in [-0.2, 0) is 4.79 Å². The molecule has 2 unspecified atom stereocenters. The first kappa shape index (κ1) is 12.2. The number of fused-ring (bicyclic) bond motifs is 1. The molecule has 0 radical (unpaired) electrons. The van der Waals surface area contributed by atoms with E-state index in [-0.39, 0.29) is 6.17 Å². The summed E-state index contributed by atoms with van der Waals surface area (Å²) in [5.74, 6) is 0.671. The van der Waals surface area contributed by atoms with E-state index >= 15 is 0 Å². The smallest absolute Gasteiger partial charge is 0.211 e. The third-order valence-electron chi connectivity index (χ3n) is 3.81. The van der Waals surface area contributed by atoms with Crippen LogP contribution in [0.4, 0.5) is 5.69 Å². The van der Waals surface area contributed by atoms with Gasteiger partial charge in [0.1, 0.15) is 11.7 Å². The molecule has 19 heavy (non-hydrogen) atoms. The lowest BCUT2D eigenvalue weighted by Gasteiger charge is -2.12. The lowest BCUT2D eigenvalue weighted by Crippen LogP contribution is -2.21. The fraction of sp³-hybridized carbons (Fsp3) is 0.429. The first-order chi connectivity index (χ1) is 9.20. The van der Waals surface area contributed by atoms with E-state index in [1.165, 1.54) is 0 Å². The Morgan fingerprint density at radius 3 is 3.05 bits per heavy atom. The molecular formula is C14H18N4O. The molecule has 1 saturated heterocycles. The number of hydrogen-bond donors (Lipinski definition) is 2. The van der Waals surface area contributed by atoms with Gasteiger partial charge in [0.05, 0.1) is 5.69 Å². The third kappa shape index (κ3) is 2.00. The van der Waals surface area contributed by atoms with Gasteiger partial charge in [-0.2, -0.15) is 5.10 Å². The number of carbonyl (C=O) groups is 1. The van der Waals surface area contributed by atoms with Crippen molar-refractivity contribution >= 4 is 23.0 Å². The fourth-order valence-electron chi connectivity index (χ4n) is 2.80. The van der Waals surface area contributed by atoms with Crippen LogP contribution in [0.5, 0.6) is 0 Å². The van der Waals surface area contributed by atoms with Crippen LogP contribution >= 0.6 is 0 Å². The number of amides is 1. The zero-order chi connectivity index (χ0) is 13.4. The molecule has 5 nitrogen and oxygen atoms in total. The van der Waals surface area contributed by atoms with E-state index in [9.17, 15) is 4.79 Å². The van der Waals surface area contributed by atoms with Crippen molar-refractivity contribution in [1.82, 2.24) is 15.1 Å². The van der Waals surface area contributed by atoms with Crippen LogP contribution in [0, 0.1) is 12.8 Å². The van der Waals surface area contributed by atoms with Gasteiger partial charge in [0, 0.05) is 11.1 Å². The number of benzene rings is 1. The van der Waals surface area contributed by atoms with Crippen molar-refractivity contribution in [3.8, 4) is 0 Å². The number of anilines is 1. The van der Waals surface area contributed by atoms with Crippen LogP contribution < -0.4 is 10.6 Å². The normalized spacial score (nSPS) is 22.8. The molecule has 5 heteroatoms. The van der Waals surface area contributed by atoms with E-state index in [0.717, 1.165) is 35.2 Å². The Hall–Kier alpha value is -1.88. The Kier molecular flexibility index (Phi) is 2.98. The molecule has 0 aliphatic carbocycles. The highest BCUT2D eigenvalue weighted by Gasteiger charge is 2.25. The Morgan fingerprint density at radius 1 is 1.53 bits per heavy atom. The van der Waals surface area contributed by atoms with Crippen molar-refractivity contribution in [2.45, 2.75) is 26.4 Å². The molecule has 2 heterocycles. The van der Waals surface area contributed by atoms with Crippen molar-refractivity contribution in [3.63, 3.8) is 0 Å². The minimum atomic E-state index is 0.256. The van der Waals surface area contributed by atoms with E-state index in [4.69, 9.17) is 0 Å². The minimum absolute atomic E-state index is 0.256. The summed E-state index contributed by atoms with van der Waals surface area (Å²) >= 11 is 0. The molecule has 3 rings (SSSR count). The number of aromatic nitrogens is 2. The molecule has 1 aromatic carbocycles. The maximum atomic E-state index is 10.7. The zero-order valence-electron chi connectivity index (χ0n) is 11.2. The first-order valence-corrected chi connectivity index (χ1v) is 6.62. The Bertz CT molecular complexity index is 619. The Morgan fingerprint density at radius 2 is 2.37 bits per heavy atom. The number of carbonyl (C=O) groups excluding carboxylic acids is 1. The quantitative estimate of drug-likeness (QED) is 0.828. The van der Waals surface area contributed by atoms with Gasteiger partial charge in [0.25, 0.3) is 0 Å². The predicted molar refractivity (Wildman–Crippen MR) is 75.0 cm³/mol. The number of hydrogen-bond acceptors (Lipinski definition) is 3. The molecule has 1 aliphatic rings. The zero-order valence-corrected chi connectivity index (χ0v) is 11.2. The van der Waals surface area contributed by atoms with Gasteiger partial charge in [0.2, 0.25) is 6.41 Å². The van der Waals surface area contributed by atoms with Gasteiger partial charge < -0.3 is 5.32 Å². The van der Waals surface area contributed by atoms with Crippen molar-refractivity contribution in [1.29, 1.82) is 0 Å². The van der Waals surface area contributed by atoms with E-state index < -0.39 is 0 Å². The van der Waals surface area contributed by atoms with E-state index in [1.807, 2.05) is 22.9 Å². The summed E-state index contributed by atoms with van der Waals surface area (Å²) in [6, 6.07) is 5.86. The maximum Gasteiger partial charge on any atom is 0.211 e. The predicted octanol–water partition coefficient (Wildman–Crippen LogP) is 2.04.